The lowest BCUT2D eigenvalue weighted by molar-refractivity contribution is 0.0624. The smallest absolute Gasteiger partial charge is 0.272 e. The Bertz CT molecular complexity index is 486. The van der Waals surface area contributed by atoms with E-state index in [-0.39, 0.29) is 5.91 Å². The molecular formula is C14H19N3OS. The maximum Gasteiger partial charge on any atom is 0.272 e. The average molecular weight is 277 g/mol. The van der Waals surface area contributed by atoms with Crippen LogP contribution in [0.2, 0.25) is 0 Å². The maximum absolute atomic E-state index is 12.3. The number of carbonyl (C=O) groups excluding carboxylic acids is 1. The monoisotopic (exact) mass is 277 g/mol. The lowest BCUT2D eigenvalue weighted by Crippen LogP contribution is -2.41. The number of nitrogens with zero attached hydrogens (tertiary/aromatic N) is 2. The zero-order valence-corrected chi connectivity index (χ0v) is 12.2. The molecule has 0 bridgehead atoms. The number of likely N-dealkylation sites (tertiary alicyclic amines) is 1. The molecule has 0 saturated carbocycles. The SMILES string of the molecule is CC1(C)CCN(C(=O)c2ccc(C(N)=S)cn2)CC1. The third kappa shape index (κ3) is 3.29. The first-order valence-electron chi connectivity index (χ1n) is 6.44. The highest BCUT2D eigenvalue weighted by molar-refractivity contribution is 7.80. The molecule has 1 saturated heterocycles. The summed E-state index contributed by atoms with van der Waals surface area (Å²) in [6, 6.07) is 3.44. The Kier molecular flexibility index (Phi) is 3.85. The van der Waals surface area contributed by atoms with Gasteiger partial charge in [-0.1, -0.05) is 26.1 Å². The Morgan fingerprint density at radius 3 is 2.47 bits per heavy atom. The first kappa shape index (κ1) is 13.9. The molecule has 102 valence electrons. The minimum absolute atomic E-state index is 0.00927. The molecular weight excluding hydrogens is 258 g/mol. The van der Waals surface area contributed by atoms with Crippen molar-refractivity contribution in [3.8, 4) is 0 Å². The number of carbonyl (C=O) groups is 1. The summed E-state index contributed by atoms with van der Waals surface area (Å²) >= 11 is 4.86. The van der Waals surface area contributed by atoms with E-state index in [2.05, 4.69) is 18.8 Å². The molecule has 0 aliphatic carbocycles. The summed E-state index contributed by atoms with van der Waals surface area (Å²) in [5.74, 6) is -0.00927. The minimum atomic E-state index is -0.00927. The van der Waals surface area contributed by atoms with E-state index in [1.165, 1.54) is 0 Å². The van der Waals surface area contributed by atoms with Gasteiger partial charge in [0.1, 0.15) is 10.7 Å². The van der Waals surface area contributed by atoms with Gasteiger partial charge in [-0.2, -0.15) is 0 Å². The molecule has 1 aliphatic rings. The van der Waals surface area contributed by atoms with Crippen LogP contribution >= 0.6 is 12.2 Å². The van der Waals surface area contributed by atoms with E-state index in [9.17, 15) is 4.79 Å². The standard InChI is InChI=1S/C14H19N3OS/c1-14(2)5-7-17(8-6-14)13(18)11-4-3-10(9-16-11)12(15)19/h3-4,9H,5-8H2,1-2H3,(H2,15,19). The van der Waals surface area contributed by atoms with E-state index in [4.69, 9.17) is 18.0 Å². The molecule has 1 aromatic rings. The van der Waals surface area contributed by atoms with Crippen molar-refractivity contribution in [1.29, 1.82) is 0 Å². The number of aromatic nitrogens is 1. The summed E-state index contributed by atoms with van der Waals surface area (Å²) in [5, 5.41) is 0. The molecule has 2 N–H and O–H groups in total. The van der Waals surface area contributed by atoms with Crippen LogP contribution in [0.15, 0.2) is 18.3 Å². The first-order valence-corrected chi connectivity index (χ1v) is 6.85. The van der Waals surface area contributed by atoms with Crippen LogP contribution in [0.1, 0.15) is 42.7 Å². The number of amides is 1. The molecule has 0 radical (unpaired) electrons. The van der Waals surface area contributed by atoms with Gasteiger partial charge in [0.2, 0.25) is 0 Å². The van der Waals surface area contributed by atoms with E-state index in [0.29, 0.717) is 21.7 Å². The molecule has 0 spiro atoms. The Hall–Kier alpha value is -1.49. The Labute approximate surface area is 119 Å². The van der Waals surface area contributed by atoms with Crippen molar-refractivity contribution in [2.75, 3.05) is 13.1 Å². The molecule has 19 heavy (non-hydrogen) atoms. The first-order chi connectivity index (χ1) is 8.89. The number of hydrogen-bond donors (Lipinski definition) is 1. The van der Waals surface area contributed by atoms with E-state index in [1.54, 1.807) is 18.3 Å². The molecule has 1 amide bonds. The van der Waals surface area contributed by atoms with Gasteiger partial charge in [0.15, 0.2) is 0 Å². The lowest BCUT2D eigenvalue weighted by Gasteiger charge is -2.36. The van der Waals surface area contributed by atoms with E-state index >= 15 is 0 Å². The van der Waals surface area contributed by atoms with Crippen LogP contribution in [0.3, 0.4) is 0 Å². The average Bonchev–Trinajstić information content (AvgIpc) is 2.38. The van der Waals surface area contributed by atoms with Crippen molar-refractivity contribution in [2.45, 2.75) is 26.7 Å². The fraction of sp³-hybridized carbons (Fsp3) is 0.500. The molecule has 2 rings (SSSR count). The van der Waals surface area contributed by atoms with Crippen LogP contribution < -0.4 is 5.73 Å². The zero-order chi connectivity index (χ0) is 14.0. The van der Waals surface area contributed by atoms with Gasteiger partial charge < -0.3 is 10.6 Å². The largest absolute Gasteiger partial charge is 0.389 e. The third-order valence-electron chi connectivity index (χ3n) is 3.67. The van der Waals surface area contributed by atoms with Crippen LogP contribution in [-0.4, -0.2) is 33.9 Å². The summed E-state index contributed by atoms with van der Waals surface area (Å²) in [6.45, 7) is 6.07. The van der Waals surface area contributed by atoms with Crippen LogP contribution in [0.4, 0.5) is 0 Å². The molecule has 5 heteroatoms. The number of thiocarbonyl (C=S) groups is 1. The Balaban J connectivity index is 2.06. The minimum Gasteiger partial charge on any atom is -0.389 e. The lowest BCUT2D eigenvalue weighted by atomic mass is 9.82. The highest BCUT2D eigenvalue weighted by atomic mass is 32.1. The molecule has 1 aliphatic heterocycles. The zero-order valence-electron chi connectivity index (χ0n) is 11.3. The van der Waals surface area contributed by atoms with Gasteiger partial charge in [0.05, 0.1) is 0 Å². The van der Waals surface area contributed by atoms with Crippen LogP contribution in [0.5, 0.6) is 0 Å². The summed E-state index contributed by atoms with van der Waals surface area (Å²) in [5.41, 5.74) is 6.99. The van der Waals surface area contributed by atoms with Crippen molar-refractivity contribution in [3.63, 3.8) is 0 Å². The van der Waals surface area contributed by atoms with Crippen molar-refractivity contribution in [1.82, 2.24) is 9.88 Å². The van der Waals surface area contributed by atoms with E-state index in [1.807, 2.05) is 4.90 Å². The van der Waals surface area contributed by atoms with Gasteiger partial charge in [0, 0.05) is 24.8 Å². The summed E-state index contributed by atoms with van der Waals surface area (Å²) < 4.78 is 0. The predicted octanol–water partition coefficient (Wildman–Crippen LogP) is 1.98. The summed E-state index contributed by atoms with van der Waals surface area (Å²) in [7, 11) is 0. The second kappa shape index (κ2) is 5.25. The Morgan fingerprint density at radius 2 is 2.00 bits per heavy atom. The molecule has 1 fully saturated rings. The summed E-state index contributed by atoms with van der Waals surface area (Å²) in [4.78, 5) is 18.6. The van der Waals surface area contributed by atoms with Gasteiger partial charge in [-0.15, -0.1) is 0 Å². The van der Waals surface area contributed by atoms with Gasteiger partial charge in [0.25, 0.3) is 5.91 Å². The van der Waals surface area contributed by atoms with E-state index in [0.717, 1.165) is 25.9 Å². The number of nitrogens with two attached hydrogens (primary N) is 1. The molecule has 4 nitrogen and oxygen atoms in total. The highest BCUT2D eigenvalue weighted by Gasteiger charge is 2.28. The Morgan fingerprint density at radius 1 is 1.37 bits per heavy atom. The highest BCUT2D eigenvalue weighted by Crippen LogP contribution is 2.30. The number of rotatable bonds is 2. The number of hydrogen-bond acceptors (Lipinski definition) is 3. The summed E-state index contributed by atoms with van der Waals surface area (Å²) in [6.07, 6.45) is 3.62. The van der Waals surface area contributed by atoms with Crippen molar-refractivity contribution >= 4 is 23.1 Å². The maximum atomic E-state index is 12.3. The number of piperidine rings is 1. The topological polar surface area (TPSA) is 59.2 Å². The molecule has 2 heterocycles. The normalized spacial score (nSPS) is 18.1. The number of pyridine rings is 1. The fourth-order valence-electron chi connectivity index (χ4n) is 2.14. The molecule has 0 aromatic carbocycles. The van der Waals surface area contributed by atoms with Crippen LogP contribution in [0.25, 0.3) is 0 Å². The predicted molar refractivity (Wildman–Crippen MR) is 79.0 cm³/mol. The molecule has 0 atom stereocenters. The molecule has 1 aromatic heterocycles. The van der Waals surface area contributed by atoms with E-state index < -0.39 is 0 Å². The van der Waals surface area contributed by atoms with Crippen molar-refractivity contribution < 1.29 is 4.79 Å². The second-order valence-corrected chi connectivity index (χ2v) is 6.19. The third-order valence-corrected chi connectivity index (χ3v) is 3.91. The van der Waals surface area contributed by atoms with Gasteiger partial charge in [-0.3, -0.25) is 9.78 Å². The fourth-order valence-corrected chi connectivity index (χ4v) is 2.26. The van der Waals surface area contributed by atoms with Crippen LogP contribution in [-0.2, 0) is 0 Å². The van der Waals surface area contributed by atoms with Gasteiger partial charge in [-0.25, -0.2) is 0 Å². The van der Waals surface area contributed by atoms with Gasteiger partial charge in [-0.05, 0) is 30.4 Å². The van der Waals surface area contributed by atoms with Crippen molar-refractivity contribution in [2.24, 2.45) is 11.1 Å². The quantitative estimate of drug-likeness (QED) is 0.840. The van der Waals surface area contributed by atoms with Gasteiger partial charge >= 0.3 is 0 Å². The van der Waals surface area contributed by atoms with Crippen molar-refractivity contribution in [3.05, 3.63) is 29.6 Å². The second-order valence-electron chi connectivity index (χ2n) is 5.75. The van der Waals surface area contributed by atoms with Crippen LogP contribution in [0, 0.1) is 5.41 Å². The molecule has 0 unspecified atom stereocenters.